The number of hydrogen-bond acceptors (Lipinski definition) is 5. The third kappa shape index (κ3) is 3.43. The Morgan fingerprint density at radius 2 is 1.93 bits per heavy atom. The van der Waals surface area contributed by atoms with Gasteiger partial charge in [-0.2, -0.15) is 5.10 Å². The first kappa shape index (κ1) is 19.4. The normalized spacial score (nSPS) is 12.1. The highest BCUT2D eigenvalue weighted by Crippen LogP contribution is 2.28. The van der Waals surface area contributed by atoms with E-state index in [4.69, 9.17) is 15.5 Å². The summed E-state index contributed by atoms with van der Waals surface area (Å²) in [6.45, 7) is 1.84. The third-order valence-corrected chi connectivity index (χ3v) is 4.87. The molecule has 1 atom stereocenters. The number of aromatic nitrogens is 4. The summed E-state index contributed by atoms with van der Waals surface area (Å²) in [6.07, 6.45) is 2.29. The van der Waals surface area contributed by atoms with E-state index in [2.05, 4.69) is 5.10 Å². The number of nitrogens with zero attached hydrogens (tertiary/aromatic N) is 4. The molecule has 0 aliphatic carbocycles. The molecule has 0 fully saturated rings. The first-order valence-corrected chi connectivity index (χ1v) is 9.55. The molecule has 0 spiro atoms. The van der Waals surface area contributed by atoms with Gasteiger partial charge in [-0.05, 0) is 30.2 Å². The Labute approximate surface area is 172 Å². The Bertz CT molecular complexity index is 1280. The maximum Gasteiger partial charge on any atom is 0.405 e. The SMILES string of the molecule is CCC(OC(N)=O)c1nc2cccc(-c3cnn(C)c3)c2c(=O)n1-c1ccccc1. The van der Waals surface area contributed by atoms with E-state index in [-0.39, 0.29) is 5.56 Å². The lowest BCUT2D eigenvalue weighted by Gasteiger charge is -2.20. The predicted molar refractivity (Wildman–Crippen MR) is 113 cm³/mol. The molecule has 0 aliphatic heterocycles. The van der Waals surface area contributed by atoms with E-state index in [0.717, 1.165) is 11.1 Å². The highest BCUT2D eigenvalue weighted by atomic mass is 16.6. The smallest absolute Gasteiger partial charge is 0.405 e. The number of carbonyl (C=O) groups excluding carboxylic acids is 1. The summed E-state index contributed by atoms with van der Waals surface area (Å²) in [6, 6.07) is 14.6. The van der Waals surface area contributed by atoms with Crippen molar-refractivity contribution in [3.63, 3.8) is 0 Å². The summed E-state index contributed by atoms with van der Waals surface area (Å²) in [4.78, 5) is 30.0. The minimum absolute atomic E-state index is 0.257. The zero-order chi connectivity index (χ0) is 21.3. The lowest BCUT2D eigenvalue weighted by Crippen LogP contribution is -2.28. The van der Waals surface area contributed by atoms with Crippen molar-refractivity contribution in [2.75, 3.05) is 0 Å². The Kier molecular flexibility index (Phi) is 5.05. The van der Waals surface area contributed by atoms with Crippen molar-refractivity contribution in [1.82, 2.24) is 19.3 Å². The van der Waals surface area contributed by atoms with Crippen molar-refractivity contribution in [2.24, 2.45) is 12.8 Å². The van der Waals surface area contributed by atoms with Crippen LogP contribution in [0.2, 0.25) is 0 Å². The average molecular weight is 403 g/mol. The number of carbonyl (C=O) groups is 1. The molecule has 0 saturated heterocycles. The van der Waals surface area contributed by atoms with E-state index in [1.807, 2.05) is 62.6 Å². The van der Waals surface area contributed by atoms with Crippen LogP contribution in [0.25, 0.3) is 27.7 Å². The van der Waals surface area contributed by atoms with Gasteiger partial charge in [0.05, 0.1) is 22.8 Å². The molecule has 30 heavy (non-hydrogen) atoms. The molecule has 4 aromatic rings. The number of ether oxygens (including phenoxy) is 1. The Morgan fingerprint density at radius 3 is 2.57 bits per heavy atom. The lowest BCUT2D eigenvalue weighted by molar-refractivity contribution is 0.0976. The molecule has 8 heteroatoms. The maximum atomic E-state index is 13.8. The highest BCUT2D eigenvalue weighted by molar-refractivity contribution is 5.94. The minimum atomic E-state index is -0.917. The number of para-hydroxylation sites is 1. The number of aryl methyl sites for hydroxylation is 1. The summed E-state index contributed by atoms with van der Waals surface area (Å²) in [7, 11) is 1.82. The molecule has 152 valence electrons. The summed E-state index contributed by atoms with van der Waals surface area (Å²) in [5.41, 5.74) is 7.69. The number of amides is 1. The maximum absolute atomic E-state index is 13.8. The second-order valence-corrected chi connectivity index (χ2v) is 6.88. The summed E-state index contributed by atoms with van der Waals surface area (Å²) in [5, 5.41) is 4.68. The minimum Gasteiger partial charge on any atom is -0.438 e. The van der Waals surface area contributed by atoms with Gasteiger partial charge in [0.2, 0.25) is 0 Å². The molecule has 2 aromatic carbocycles. The molecular formula is C22H21N5O3. The second-order valence-electron chi connectivity index (χ2n) is 6.88. The zero-order valence-corrected chi connectivity index (χ0v) is 16.6. The Morgan fingerprint density at radius 1 is 1.17 bits per heavy atom. The van der Waals surface area contributed by atoms with E-state index >= 15 is 0 Å². The van der Waals surface area contributed by atoms with E-state index < -0.39 is 12.2 Å². The van der Waals surface area contributed by atoms with Gasteiger partial charge in [-0.15, -0.1) is 0 Å². The van der Waals surface area contributed by atoms with Crippen LogP contribution in [0.5, 0.6) is 0 Å². The highest BCUT2D eigenvalue weighted by Gasteiger charge is 2.24. The number of benzene rings is 2. The van der Waals surface area contributed by atoms with Gasteiger partial charge < -0.3 is 10.5 Å². The van der Waals surface area contributed by atoms with Gasteiger partial charge >= 0.3 is 6.09 Å². The fourth-order valence-electron chi connectivity index (χ4n) is 3.55. The first-order chi connectivity index (χ1) is 14.5. The Balaban J connectivity index is 2.07. The molecule has 8 nitrogen and oxygen atoms in total. The van der Waals surface area contributed by atoms with Gasteiger partial charge in [0.25, 0.3) is 5.56 Å². The van der Waals surface area contributed by atoms with Crippen LogP contribution in [-0.4, -0.2) is 25.4 Å². The predicted octanol–water partition coefficient (Wildman–Crippen LogP) is 3.33. The van der Waals surface area contributed by atoms with E-state index in [1.54, 1.807) is 16.9 Å². The molecule has 2 aromatic heterocycles. The van der Waals surface area contributed by atoms with E-state index in [0.29, 0.717) is 28.8 Å². The van der Waals surface area contributed by atoms with E-state index in [9.17, 15) is 9.59 Å². The fourth-order valence-corrected chi connectivity index (χ4v) is 3.55. The summed E-state index contributed by atoms with van der Waals surface area (Å²) >= 11 is 0. The number of rotatable bonds is 5. The monoisotopic (exact) mass is 403 g/mol. The van der Waals surface area contributed by atoms with Crippen LogP contribution < -0.4 is 11.3 Å². The topological polar surface area (TPSA) is 105 Å². The number of nitrogens with two attached hydrogens (primary N) is 1. The molecule has 2 heterocycles. The molecule has 1 amide bonds. The van der Waals surface area contributed by atoms with Crippen molar-refractivity contribution < 1.29 is 9.53 Å². The van der Waals surface area contributed by atoms with Gasteiger partial charge in [0.15, 0.2) is 11.9 Å². The van der Waals surface area contributed by atoms with Crippen LogP contribution in [0.15, 0.2) is 65.7 Å². The van der Waals surface area contributed by atoms with Crippen LogP contribution >= 0.6 is 0 Å². The second kappa shape index (κ2) is 7.82. The van der Waals surface area contributed by atoms with Crippen molar-refractivity contribution in [3.05, 3.63) is 77.1 Å². The molecule has 1 unspecified atom stereocenters. The van der Waals surface area contributed by atoms with Gasteiger partial charge in [-0.3, -0.25) is 14.0 Å². The molecular weight excluding hydrogens is 382 g/mol. The van der Waals surface area contributed by atoms with Gasteiger partial charge in [0.1, 0.15) is 0 Å². The summed E-state index contributed by atoms with van der Waals surface area (Å²) in [5.74, 6) is 0.323. The van der Waals surface area contributed by atoms with Gasteiger partial charge in [-0.25, -0.2) is 9.78 Å². The van der Waals surface area contributed by atoms with Crippen molar-refractivity contribution in [1.29, 1.82) is 0 Å². The lowest BCUT2D eigenvalue weighted by atomic mass is 10.0. The largest absolute Gasteiger partial charge is 0.438 e. The quantitative estimate of drug-likeness (QED) is 0.550. The molecule has 4 rings (SSSR count). The van der Waals surface area contributed by atoms with Gasteiger partial charge in [0, 0.05) is 18.8 Å². The standard InChI is InChI=1S/C22H21N5O3/c1-3-18(30-22(23)29)20-25-17-11-7-10-16(14-12-24-26(2)13-14)19(17)21(28)27(20)15-8-5-4-6-9-15/h4-13,18H,3H2,1-2H3,(H2,23,29). The third-order valence-electron chi connectivity index (χ3n) is 4.87. The van der Waals surface area contributed by atoms with Crippen molar-refractivity contribution in [2.45, 2.75) is 19.4 Å². The van der Waals surface area contributed by atoms with Gasteiger partial charge in [-0.1, -0.05) is 37.3 Å². The van der Waals surface area contributed by atoms with Crippen LogP contribution in [0, 0.1) is 0 Å². The number of hydrogen-bond donors (Lipinski definition) is 1. The summed E-state index contributed by atoms with van der Waals surface area (Å²) < 4.78 is 8.44. The average Bonchev–Trinajstić information content (AvgIpc) is 3.18. The zero-order valence-electron chi connectivity index (χ0n) is 16.6. The molecule has 0 saturated carbocycles. The molecule has 2 N–H and O–H groups in total. The number of fused-ring (bicyclic) bond motifs is 1. The van der Waals surface area contributed by atoms with Crippen LogP contribution in [-0.2, 0) is 11.8 Å². The van der Waals surface area contributed by atoms with Crippen molar-refractivity contribution in [3.8, 4) is 16.8 Å². The van der Waals surface area contributed by atoms with Crippen LogP contribution in [0.1, 0.15) is 25.3 Å². The fraction of sp³-hybridized carbons (Fsp3) is 0.182. The first-order valence-electron chi connectivity index (χ1n) is 9.55. The van der Waals surface area contributed by atoms with E-state index in [1.165, 1.54) is 4.57 Å². The van der Waals surface area contributed by atoms with Crippen LogP contribution in [0.4, 0.5) is 4.79 Å². The molecule has 0 aliphatic rings. The molecule has 0 bridgehead atoms. The Hall–Kier alpha value is -3.94. The molecule has 0 radical (unpaired) electrons. The van der Waals surface area contributed by atoms with Crippen LogP contribution in [0.3, 0.4) is 0 Å². The number of primary amides is 1. The van der Waals surface area contributed by atoms with Crippen molar-refractivity contribution >= 4 is 17.0 Å².